The Bertz CT molecular complexity index is 534. The minimum Gasteiger partial charge on any atom is -0.370 e. The van der Waals surface area contributed by atoms with Crippen LogP contribution in [0.5, 0.6) is 0 Å². The smallest absolute Gasteiger partial charge is 0.239 e. The van der Waals surface area contributed by atoms with Crippen molar-refractivity contribution in [2.45, 2.75) is 50.3 Å². The molecule has 4 atom stereocenters. The summed E-state index contributed by atoms with van der Waals surface area (Å²) in [6.07, 6.45) is 6.20. The van der Waals surface area contributed by atoms with E-state index in [4.69, 9.17) is 4.74 Å². The predicted octanol–water partition coefficient (Wildman–Crippen LogP) is 2.51. The topological polar surface area (TPSA) is 41.6 Å². The standard InChI is InChI=1S/C19H26N2O2/c22-19(17-12-15-8-4-5-9-16(15)20-17)21-10-11-23-18(13-21)14-6-2-1-3-7-14/h1-3,6-7,15-18,20H,4-5,8-13H2. The summed E-state index contributed by atoms with van der Waals surface area (Å²) in [5.74, 6) is 0.993. The van der Waals surface area contributed by atoms with Crippen LogP contribution in [0.25, 0.3) is 0 Å². The van der Waals surface area contributed by atoms with Gasteiger partial charge in [-0.2, -0.15) is 0 Å². The zero-order valence-electron chi connectivity index (χ0n) is 13.6. The molecule has 1 aromatic rings. The lowest BCUT2D eigenvalue weighted by atomic mass is 9.85. The Morgan fingerprint density at radius 3 is 2.83 bits per heavy atom. The third-order valence-electron chi connectivity index (χ3n) is 5.71. The summed E-state index contributed by atoms with van der Waals surface area (Å²) in [6.45, 7) is 2.02. The predicted molar refractivity (Wildman–Crippen MR) is 89.0 cm³/mol. The molecule has 3 fully saturated rings. The van der Waals surface area contributed by atoms with Crippen molar-refractivity contribution in [1.29, 1.82) is 0 Å². The van der Waals surface area contributed by atoms with Gasteiger partial charge in [-0.25, -0.2) is 0 Å². The maximum Gasteiger partial charge on any atom is 0.239 e. The molecule has 2 heterocycles. The van der Waals surface area contributed by atoms with Gasteiger partial charge >= 0.3 is 0 Å². The summed E-state index contributed by atoms with van der Waals surface area (Å²) in [6, 6.07) is 10.8. The number of hydrogen-bond acceptors (Lipinski definition) is 3. The SMILES string of the molecule is O=C(C1CC2CCCCC2N1)N1CCOC(c2ccccc2)C1. The van der Waals surface area contributed by atoms with Gasteiger partial charge in [0.05, 0.1) is 19.2 Å². The zero-order valence-corrected chi connectivity index (χ0v) is 13.6. The van der Waals surface area contributed by atoms with Gasteiger partial charge in [-0.1, -0.05) is 43.2 Å². The van der Waals surface area contributed by atoms with Crippen LogP contribution in [0.15, 0.2) is 30.3 Å². The van der Waals surface area contributed by atoms with Gasteiger partial charge in [0, 0.05) is 12.6 Å². The van der Waals surface area contributed by atoms with Gasteiger partial charge in [0.1, 0.15) is 6.10 Å². The molecule has 1 aromatic carbocycles. The number of morpholine rings is 1. The van der Waals surface area contributed by atoms with Crippen molar-refractivity contribution in [1.82, 2.24) is 10.2 Å². The Morgan fingerprint density at radius 1 is 1.17 bits per heavy atom. The Balaban J connectivity index is 1.40. The maximum atomic E-state index is 12.9. The highest BCUT2D eigenvalue weighted by molar-refractivity contribution is 5.82. The number of amides is 1. The summed E-state index contributed by atoms with van der Waals surface area (Å²) < 4.78 is 5.89. The highest BCUT2D eigenvalue weighted by atomic mass is 16.5. The van der Waals surface area contributed by atoms with Crippen LogP contribution in [0.2, 0.25) is 0 Å². The second kappa shape index (κ2) is 6.62. The molecule has 23 heavy (non-hydrogen) atoms. The number of carbonyl (C=O) groups excluding carboxylic acids is 1. The van der Waals surface area contributed by atoms with Crippen molar-refractivity contribution in [3.63, 3.8) is 0 Å². The number of nitrogens with zero attached hydrogens (tertiary/aromatic N) is 1. The molecule has 124 valence electrons. The van der Waals surface area contributed by atoms with Gasteiger partial charge in [0.15, 0.2) is 0 Å². The molecule has 4 nitrogen and oxygen atoms in total. The van der Waals surface area contributed by atoms with Crippen molar-refractivity contribution in [2.75, 3.05) is 19.7 Å². The third-order valence-corrected chi connectivity index (χ3v) is 5.71. The Hall–Kier alpha value is -1.39. The second-order valence-electron chi connectivity index (χ2n) is 7.16. The van der Waals surface area contributed by atoms with E-state index < -0.39 is 0 Å². The van der Waals surface area contributed by atoms with E-state index in [2.05, 4.69) is 17.4 Å². The number of fused-ring (bicyclic) bond motifs is 1. The highest BCUT2D eigenvalue weighted by Crippen LogP contribution is 2.34. The fourth-order valence-corrected chi connectivity index (χ4v) is 4.45. The molecule has 1 saturated carbocycles. The number of rotatable bonds is 2. The zero-order chi connectivity index (χ0) is 15.6. The summed E-state index contributed by atoms with van der Waals surface area (Å²) in [5.41, 5.74) is 1.16. The van der Waals surface area contributed by atoms with Crippen molar-refractivity contribution in [3.8, 4) is 0 Å². The van der Waals surface area contributed by atoms with Gasteiger partial charge < -0.3 is 15.0 Å². The molecule has 1 aliphatic carbocycles. The molecule has 3 aliphatic rings. The molecule has 2 saturated heterocycles. The fraction of sp³-hybridized carbons (Fsp3) is 0.632. The Kier molecular flexibility index (Phi) is 4.36. The van der Waals surface area contributed by atoms with Gasteiger partial charge in [-0.05, 0) is 30.7 Å². The fourth-order valence-electron chi connectivity index (χ4n) is 4.45. The van der Waals surface area contributed by atoms with E-state index in [1.165, 1.54) is 25.7 Å². The van der Waals surface area contributed by atoms with E-state index >= 15 is 0 Å². The van der Waals surface area contributed by atoms with E-state index in [9.17, 15) is 4.79 Å². The second-order valence-corrected chi connectivity index (χ2v) is 7.16. The van der Waals surface area contributed by atoms with Gasteiger partial charge in [-0.3, -0.25) is 4.79 Å². The average Bonchev–Trinajstić information content (AvgIpc) is 3.06. The molecule has 1 N–H and O–H groups in total. The van der Waals surface area contributed by atoms with Crippen LogP contribution >= 0.6 is 0 Å². The summed E-state index contributed by atoms with van der Waals surface area (Å²) in [5, 5.41) is 3.61. The number of benzene rings is 1. The number of ether oxygens (including phenoxy) is 1. The molecule has 2 aliphatic heterocycles. The molecule has 1 amide bonds. The Labute approximate surface area is 138 Å². The lowest BCUT2D eigenvalue weighted by Crippen LogP contribution is -2.50. The molecule has 0 bridgehead atoms. The maximum absolute atomic E-state index is 12.9. The summed E-state index contributed by atoms with van der Waals surface area (Å²) >= 11 is 0. The van der Waals surface area contributed by atoms with Crippen LogP contribution in [0.4, 0.5) is 0 Å². The molecule has 0 aromatic heterocycles. The Morgan fingerprint density at radius 2 is 2.00 bits per heavy atom. The van der Waals surface area contributed by atoms with Crippen molar-refractivity contribution < 1.29 is 9.53 Å². The van der Waals surface area contributed by atoms with Crippen LogP contribution in [-0.4, -0.2) is 42.6 Å². The molecule has 0 spiro atoms. The lowest BCUT2D eigenvalue weighted by molar-refractivity contribution is -0.141. The molecule has 4 rings (SSSR count). The average molecular weight is 314 g/mol. The largest absolute Gasteiger partial charge is 0.370 e. The first kappa shape index (κ1) is 15.2. The van der Waals surface area contributed by atoms with E-state index in [1.54, 1.807) is 0 Å². The summed E-state index contributed by atoms with van der Waals surface area (Å²) in [4.78, 5) is 14.9. The lowest BCUT2D eigenvalue weighted by Gasteiger charge is -2.34. The quantitative estimate of drug-likeness (QED) is 0.912. The molecular formula is C19H26N2O2. The van der Waals surface area contributed by atoms with Gasteiger partial charge in [-0.15, -0.1) is 0 Å². The number of carbonyl (C=O) groups is 1. The van der Waals surface area contributed by atoms with E-state index in [0.29, 0.717) is 25.1 Å². The minimum absolute atomic E-state index is 0.0116. The normalized spacial score (nSPS) is 34.2. The van der Waals surface area contributed by atoms with E-state index in [0.717, 1.165) is 18.5 Å². The van der Waals surface area contributed by atoms with Crippen molar-refractivity contribution >= 4 is 5.91 Å². The van der Waals surface area contributed by atoms with Crippen LogP contribution in [0, 0.1) is 5.92 Å². The highest BCUT2D eigenvalue weighted by Gasteiger charge is 2.40. The molecule has 4 heteroatoms. The van der Waals surface area contributed by atoms with Crippen LogP contribution < -0.4 is 5.32 Å². The molecule has 0 radical (unpaired) electrons. The monoisotopic (exact) mass is 314 g/mol. The van der Waals surface area contributed by atoms with E-state index in [-0.39, 0.29) is 18.1 Å². The summed E-state index contributed by atoms with van der Waals surface area (Å²) in [7, 11) is 0. The van der Waals surface area contributed by atoms with Gasteiger partial charge in [0.25, 0.3) is 0 Å². The first-order valence-corrected chi connectivity index (χ1v) is 9.02. The van der Waals surface area contributed by atoms with Crippen molar-refractivity contribution in [3.05, 3.63) is 35.9 Å². The van der Waals surface area contributed by atoms with Crippen LogP contribution in [0.1, 0.15) is 43.8 Å². The minimum atomic E-state index is 0.0116. The van der Waals surface area contributed by atoms with Crippen LogP contribution in [-0.2, 0) is 9.53 Å². The van der Waals surface area contributed by atoms with Gasteiger partial charge in [0.2, 0.25) is 5.91 Å². The number of nitrogens with one attached hydrogen (secondary N) is 1. The molecular weight excluding hydrogens is 288 g/mol. The van der Waals surface area contributed by atoms with Crippen LogP contribution in [0.3, 0.4) is 0 Å². The number of hydrogen-bond donors (Lipinski definition) is 1. The molecule has 4 unspecified atom stereocenters. The third kappa shape index (κ3) is 3.15. The first-order chi connectivity index (χ1) is 11.3. The van der Waals surface area contributed by atoms with Crippen molar-refractivity contribution in [2.24, 2.45) is 5.92 Å². The van der Waals surface area contributed by atoms with E-state index in [1.807, 2.05) is 23.1 Å². The first-order valence-electron chi connectivity index (χ1n) is 9.02.